The zero-order valence-electron chi connectivity index (χ0n) is 28.9. The quantitative estimate of drug-likeness (QED) is 0.122. The summed E-state index contributed by atoms with van der Waals surface area (Å²) in [6, 6.07) is 26.1. The molecule has 9 heteroatoms. The van der Waals surface area contributed by atoms with E-state index in [1.165, 1.54) is 0 Å². The van der Waals surface area contributed by atoms with Gasteiger partial charge < -0.3 is 30.5 Å². The van der Waals surface area contributed by atoms with Gasteiger partial charge in [0.15, 0.2) is 0 Å². The SMILES string of the molecule is CCC(O)N[C@]1([C@@H](C)CC)CCN([C@@H](CCc2ccccc2)C(=O)N[C@@H](Cc2ccccc2)[C@H](O)CNCc2cccc(OC)c2)C1=O. The molecule has 1 aliphatic heterocycles. The van der Waals surface area contributed by atoms with Crippen LogP contribution in [0.1, 0.15) is 63.1 Å². The Labute approximate surface area is 286 Å². The average Bonchev–Trinajstić information content (AvgIpc) is 3.44. The minimum absolute atomic E-state index is 0.0441. The first-order chi connectivity index (χ1) is 23.2. The van der Waals surface area contributed by atoms with Gasteiger partial charge in [0, 0.05) is 19.6 Å². The molecule has 3 aromatic carbocycles. The molecule has 0 radical (unpaired) electrons. The van der Waals surface area contributed by atoms with Crippen molar-refractivity contribution in [2.45, 2.75) is 95.8 Å². The zero-order chi connectivity index (χ0) is 34.5. The molecule has 1 heterocycles. The first-order valence-electron chi connectivity index (χ1n) is 17.4. The number of benzene rings is 3. The van der Waals surface area contributed by atoms with Crippen LogP contribution in [0.2, 0.25) is 0 Å². The van der Waals surface area contributed by atoms with Gasteiger partial charge in [-0.05, 0) is 66.8 Å². The van der Waals surface area contributed by atoms with Gasteiger partial charge in [0.1, 0.15) is 23.6 Å². The van der Waals surface area contributed by atoms with Crippen molar-refractivity contribution in [1.29, 1.82) is 0 Å². The smallest absolute Gasteiger partial charge is 0.243 e. The van der Waals surface area contributed by atoms with Crippen LogP contribution in [-0.2, 0) is 29.0 Å². The number of aryl methyl sites for hydroxylation is 1. The molecular weight excluding hydrogens is 604 g/mol. The molecule has 0 bridgehead atoms. The zero-order valence-corrected chi connectivity index (χ0v) is 28.9. The van der Waals surface area contributed by atoms with Crippen LogP contribution >= 0.6 is 0 Å². The molecule has 1 fully saturated rings. The molecule has 0 saturated carbocycles. The standard InChI is InChI=1S/C39H54N4O5/c1-5-28(3)39(42-36(45)6-2)22-23-43(38(39)47)34(21-20-29-14-9-7-10-15-29)37(46)41-33(25-30-16-11-8-12-17-30)35(44)27-40-26-31-18-13-19-32(24-31)48-4/h7-19,24,28,33-36,40,42,44-45H,5-6,20-23,25-27H2,1-4H3,(H,41,46)/t28-,33-,34-,35+,36?,39-/m0/s1. The molecule has 5 N–H and O–H groups in total. The van der Waals surface area contributed by atoms with Crippen molar-refractivity contribution >= 4 is 11.8 Å². The molecule has 1 aliphatic rings. The summed E-state index contributed by atoms with van der Waals surface area (Å²) in [5.41, 5.74) is 2.13. The van der Waals surface area contributed by atoms with E-state index < -0.39 is 30.0 Å². The molecule has 6 atom stereocenters. The number of likely N-dealkylation sites (tertiary alicyclic amines) is 1. The van der Waals surface area contributed by atoms with Gasteiger partial charge in [-0.3, -0.25) is 14.9 Å². The maximum atomic E-state index is 14.4. The van der Waals surface area contributed by atoms with Crippen molar-refractivity contribution in [2.24, 2.45) is 5.92 Å². The highest BCUT2D eigenvalue weighted by atomic mass is 16.5. The van der Waals surface area contributed by atoms with Gasteiger partial charge in [-0.2, -0.15) is 0 Å². The van der Waals surface area contributed by atoms with E-state index in [2.05, 4.69) is 16.0 Å². The summed E-state index contributed by atoms with van der Waals surface area (Å²) >= 11 is 0. The molecule has 4 rings (SSSR count). The van der Waals surface area contributed by atoms with Gasteiger partial charge in [0.05, 0.1) is 19.3 Å². The first-order valence-corrected chi connectivity index (χ1v) is 17.4. The fourth-order valence-electron chi connectivity index (χ4n) is 6.64. The lowest BCUT2D eigenvalue weighted by Gasteiger charge is -2.38. The topological polar surface area (TPSA) is 123 Å². The van der Waals surface area contributed by atoms with Crippen molar-refractivity contribution in [3.8, 4) is 5.75 Å². The Morgan fingerprint density at radius 1 is 0.938 bits per heavy atom. The van der Waals surface area contributed by atoms with Crippen LogP contribution in [0.15, 0.2) is 84.9 Å². The molecule has 0 aromatic heterocycles. The van der Waals surface area contributed by atoms with Gasteiger partial charge in [-0.25, -0.2) is 0 Å². The monoisotopic (exact) mass is 658 g/mol. The molecule has 1 unspecified atom stereocenters. The van der Waals surface area contributed by atoms with E-state index in [4.69, 9.17) is 4.74 Å². The van der Waals surface area contributed by atoms with Gasteiger partial charge in [0.25, 0.3) is 0 Å². The number of carbonyl (C=O) groups excluding carboxylic acids is 2. The van der Waals surface area contributed by atoms with E-state index in [0.29, 0.717) is 45.2 Å². The lowest BCUT2D eigenvalue weighted by Crippen LogP contribution is -2.61. The van der Waals surface area contributed by atoms with Crippen molar-refractivity contribution in [1.82, 2.24) is 20.9 Å². The second-order valence-corrected chi connectivity index (χ2v) is 13.0. The summed E-state index contributed by atoms with van der Waals surface area (Å²) in [7, 11) is 1.63. The average molecular weight is 659 g/mol. The molecule has 48 heavy (non-hydrogen) atoms. The second-order valence-electron chi connectivity index (χ2n) is 13.0. The maximum Gasteiger partial charge on any atom is 0.243 e. The largest absolute Gasteiger partial charge is 0.497 e. The summed E-state index contributed by atoms with van der Waals surface area (Å²) < 4.78 is 5.34. The minimum Gasteiger partial charge on any atom is -0.497 e. The number of aliphatic hydroxyl groups is 2. The van der Waals surface area contributed by atoms with Gasteiger partial charge in [-0.1, -0.05) is 100.0 Å². The number of aliphatic hydroxyl groups excluding tert-OH is 2. The summed E-state index contributed by atoms with van der Waals surface area (Å²) in [6.07, 6.45) is 1.45. The van der Waals surface area contributed by atoms with Crippen molar-refractivity contribution < 1.29 is 24.5 Å². The first kappa shape index (κ1) is 37.1. The number of nitrogens with one attached hydrogen (secondary N) is 3. The van der Waals surface area contributed by atoms with Crippen LogP contribution in [0.5, 0.6) is 5.75 Å². The van der Waals surface area contributed by atoms with E-state index >= 15 is 0 Å². The maximum absolute atomic E-state index is 14.4. The number of ether oxygens (including phenoxy) is 1. The molecular formula is C39H54N4O5. The van der Waals surface area contributed by atoms with Gasteiger partial charge in [-0.15, -0.1) is 0 Å². The summed E-state index contributed by atoms with van der Waals surface area (Å²) in [5, 5.41) is 31.9. The van der Waals surface area contributed by atoms with E-state index in [-0.39, 0.29) is 24.3 Å². The van der Waals surface area contributed by atoms with Crippen LogP contribution < -0.4 is 20.7 Å². The highest BCUT2D eigenvalue weighted by Gasteiger charge is 2.53. The van der Waals surface area contributed by atoms with E-state index in [0.717, 1.165) is 28.9 Å². The molecule has 3 aromatic rings. The highest BCUT2D eigenvalue weighted by Crippen LogP contribution is 2.35. The Morgan fingerprint density at radius 3 is 2.25 bits per heavy atom. The van der Waals surface area contributed by atoms with E-state index in [1.54, 1.807) is 12.0 Å². The Hall–Kier alpha value is -3.76. The van der Waals surface area contributed by atoms with Crippen LogP contribution in [-0.4, -0.2) is 77.1 Å². The minimum atomic E-state index is -0.956. The lowest BCUT2D eigenvalue weighted by molar-refractivity contribution is -0.144. The van der Waals surface area contributed by atoms with Gasteiger partial charge in [0.2, 0.25) is 11.8 Å². The number of hydrogen-bond donors (Lipinski definition) is 5. The number of methoxy groups -OCH3 is 1. The Bertz CT molecular complexity index is 1420. The van der Waals surface area contributed by atoms with Crippen molar-refractivity contribution in [3.05, 3.63) is 102 Å². The summed E-state index contributed by atoms with van der Waals surface area (Å²) in [6.45, 7) is 7.12. The molecule has 0 aliphatic carbocycles. The second kappa shape index (κ2) is 18.1. The summed E-state index contributed by atoms with van der Waals surface area (Å²) in [5.74, 6) is 0.275. The molecule has 9 nitrogen and oxygen atoms in total. The third kappa shape index (κ3) is 9.66. The van der Waals surface area contributed by atoms with Crippen molar-refractivity contribution in [2.75, 3.05) is 20.2 Å². The number of amides is 2. The molecule has 2 amide bonds. The number of hydrogen-bond acceptors (Lipinski definition) is 7. The predicted molar refractivity (Wildman–Crippen MR) is 189 cm³/mol. The Morgan fingerprint density at radius 2 is 1.60 bits per heavy atom. The molecule has 260 valence electrons. The van der Waals surface area contributed by atoms with Crippen LogP contribution in [0, 0.1) is 5.92 Å². The van der Waals surface area contributed by atoms with E-state index in [9.17, 15) is 19.8 Å². The highest BCUT2D eigenvalue weighted by molar-refractivity contribution is 5.94. The van der Waals surface area contributed by atoms with E-state index in [1.807, 2.05) is 106 Å². The van der Waals surface area contributed by atoms with Gasteiger partial charge >= 0.3 is 0 Å². The third-order valence-corrected chi connectivity index (χ3v) is 9.79. The molecule has 1 saturated heterocycles. The van der Waals surface area contributed by atoms with Crippen LogP contribution in [0.25, 0.3) is 0 Å². The summed E-state index contributed by atoms with van der Waals surface area (Å²) in [4.78, 5) is 30.5. The normalized spacial score (nSPS) is 19.4. The predicted octanol–water partition coefficient (Wildman–Crippen LogP) is 4.21. The lowest BCUT2D eigenvalue weighted by atomic mass is 9.81. The Kier molecular flexibility index (Phi) is 14.0. The fourth-order valence-corrected chi connectivity index (χ4v) is 6.64. The van der Waals surface area contributed by atoms with Crippen LogP contribution in [0.3, 0.4) is 0 Å². The van der Waals surface area contributed by atoms with Crippen molar-refractivity contribution in [3.63, 3.8) is 0 Å². The number of carbonyl (C=O) groups is 2. The number of nitrogens with zero attached hydrogens (tertiary/aromatic N) is 1. The third-order valence-electron chi connectivity index (χ3n) is 9.79. The van der Waals surface area contributed by atoms with Crippen LogP contribution in [0.4, 0.5) is 0 Å². The fraction of sp³-hybridized carbons (Fsp3) is 0.487. The number of rotatable bonds is 19. The molecule has 0 spiro atoms. The Balaban J connectivity index is 1.56.